The van der Waals surface area contributed by atoms with E-state index >= 15 is 0 Å². The van der Waals surface area contributed by atoms with E-state index in [2.05, 4.69) is 44.8 Å². The lowest BCUT2D eigenvalue weighted by Crippen LogP contribution is -2.46. The van der Waals surface area contributed by atoms with E-state index in [-0.39, 0.29) is 11.9 Å². The van der Waals surface area contributed by atoms with E-state index in [0.29, 0.717) is 5.56 Å². The van der Waals surface area contributed by atoms with Gasteiger partial charge in [0.05, 0.1) is 0 Å². The zero-order valence-corrected chi connectivity index (χ0v) is 12.6. The number of nitrogens with one attached hydrogen (secondary N) is 2. The molecule has 0 bridgehead atoms. The molecule has 1 aromatic heterocycles. The van der Waals surface area contributed by atoms with Crippen molar-refractivity contribution in [1.82, 2.24) is 15.6 Å². The first-order chi connectivity index (χ1) is 10.8. The van der Waals surface area contributed by atoms with Gasteiger partial charge in [-0.05, 0) is 17.7 Å². The lowest BCUT2D eigenvalue weighted by Gasteiger charge is -2.34. The summed E-state index contributed by atoms with van der Waals surface area (Å²) in [6, 6.07) is 14.3. The average Bonchev–Trinajstić information content (AvgIpc) is 2.62. The second kappa shape index (κ2) is 6.58. The molecule has 1 saturated heterocycles. The molecule has 0 aliphatic carbocycles. The van der Waals surface area contributed by atoms with Crippen molar-refractivity contribution in [3.05, 3.63) is 59.8 Å². The minimum atomic E-state index is -0.0848. The minimum Gasteiger partial charge on any atom is -0.355 e. The van der Waals surface area contributed by atoms with E-state index < -0.39 is 0 Å². The molecule has 1 atom stereocenters. The molecule has 114 valence electrons. The highest BCUT2D eigenvalue weighted by molar-refractivity contribution is 5.94. The van der Waals surface area contributed by atoms with Gasteiger partial charge in [-0.2, -0.15) is 0 Å². The van der Waals surface area contributed by atoms with E-state index in [1.54, 1.807) is 19.3 Å². The van der Waals surface area contributed by atoms with E-state index in [1.165, 1.54) is 5.56 Å². The van der Waals surface area contributed by atoms with Crippen LogP contribution in [0.1, 0.15) is 22.0 Å². The molecule has 1 amide bonds. The third-order valence-electron chi connectivity index (χ3n) is 3.94. The van der Waals surface area contributed by atoms with Gasteiger partial charge >= 0.3 is 0 Å². The standard InChI is InChI=1S/C17H20N4O/c1-18-17(22)14-7-8-20-16(11-14)21-10-9-19-15(12-21)13-5-3-2-4-6-13/h2-8,11,15,19H,9-10,12H2,1H3,(H,18,22)/t15-/m0/s1. The van der Waals surface area contributed by atoms with E-state index in [4.69, 9.17) is 0 Å². The van der Waals surface area contributed by atoms with Gasteiger partial charge in [0.2, 0.25) is 0 Å². The molecule has 2 heterocycles. The Bertz CT molecular complexity index is 644. The SMILES string of the molecule is CNC(=O)c1ccnc(N2CCN[C@H](c3ccccc3)C2)c1. The second-order valence-electron chi connectivity index (χ2n) is 5.35. The Morgan fingerprint density at radius 1 is 1.32 bits per heavy atom. The molecule has 1 aliphatic rings. The van der Waals surface area contributed by atoms with Gasteiger partial charge in [0.15, 0.2) is 0 Å². The van der Waals surface area contributed by atoms with Crippen molar-refractivity contribution in [3.8, 4) is 0 Å². The Balaban J connectivity index is 1.79. The highest BCUT2D eigenvalue weighted by Crippen LogP contribution is 2.21. The number of benzene rings is 1. The number of nitrogens with zero attached hydrogens (tertiary/aromatic N) is 2. The molecule has 5 nitrogen and oxygen atoms in total. The molecule has 2 N–H and O–H groups in total. The molecule has 0 radical (unpaired) electrons. The molecule has 5 heteroatoms. The maximum absolute atomic E-state index is 11.8. The van der Waals surface area contributed by atoms with Crippen LogP contribution in [0.2, 0.25) is 0 Å². The van der Waals surface area contributed by atoms with Crippen molar-refractivity contribution < 1.29 is 4.79 Å². The predicted octanol–water partition coefficient (Wildman–Crippen LogP) is 1.59. The number of rotatable bonds is 3. The number of amides is 1. The summed E-state index contributed by atoms with van der Waals surface area (Å²) < 4.78 is 0. The normalized spacial score (nSPS) is 18.0. The van der Waals surface area contributed by atoms with Crippen LogP contribution in [0.3, 0.4) is 0 Å². The Kier molecular flexibility index (Phi) is 4.34. The Morgan fingerprint density at radius 3 is 2.91 bits per heavy atom. The van der Waals surface area contributed by atoms with Crippen LogP contribution in [0, 0.1) is 0 Å². The molecular formula is C17H20N4O. The summed E-state index contributed by atoms with van der Waals surface area (Å²) in [6.45, 7) is 2.62. The number of pyridine rings is 1. The molecular weight excluding hydrogens is 276 g/mol. The predicted molar refractivity (Wildman–Crippen MR) is 87.0 cm³/mol. The summed E-state index contributed by atoms with van der Waals surface area (Å²) in [4.78, 5) is 18.4. The third kappa shape index (κ3) is 3.09. The van der Waals surface area contributed by atoms with Gasteiger partial charge in [0.1, 0.15) is 5.82 Å². The van der Waals surface area contributed by atoms with Gasteiger partial charge in [0, 0.05) is 44.5 Å². The first-order valence-corrected chi connectivity index (χ1v) is 7.49. The molecule has 0 spiro atoms. The molecule has 2 aromatic rings. The number of carbonyl (C=O) groups excluding carboxylic acids is 1. The van der Waals surface area contributed by atoms with Gasteiger partial charge in [-0.3, -0.25) is 4.79 Å². The topological polar surface area (TPSA) is 57.3 Å². The summed E-state index contributed by atoms with van der Waals surface area (Å²) >= 11 is 0. The van der Waals surface area contributed by atoms with E-state index in [1.807, 2.05) is 12.1 Å². The van der Waals surface area contributed by atoms with Crippen molar-refractivity contribution in [2.45, 2.75) is 6.04 Å². The molecule has 1 aliphatic heterocycles. The monoisotopic (exact) mass is 296 g/mol. The Morgan fingerprint density at radius 2 is 2.14 bits per heavy atom. The summed E-state index contributed by atoms with van der Waals surface area (Å²) in [7, 11) is 1.64. The van der Waals surface area contributed by atoms with Crippen LogP contribution in [-0.4, -0.2) is 37.6 Å². The van der Waals surface area contributed by atoms with Crippen LogP contribution in [-0.2, 0) is 0 Å². The molecule has 1 fully saturated rings. The third-order valence-corrected chi connectivity index (χ3v) is 3.94. The lowest BCUT2D eigenvalue weighted by atomic mass is 10.0. The minimum absolute atomic E-state index is 0.0848. The molecule has 0 saturated carbocycles. The number of aromatic nitrogens is 1. The first-order valence-electron chi connectivity index (χ1n) is 7.49. The lowest BCUT2D eigenvalue weighted by molar-refractivity contribution is 0.0963. The van der Waals surface area contributed by atoms with Crippen molar-refractivity contribution in [2.24, 2.45) is 0 Å². The average molecular weight is 296 g/mol. The summed E-state index contributed by atoms with van der Waals surface area (Å²) in [5, 5.41) is 6.18. The summed E-state index contributed by atoms with van der Waals surface area (Å²) in [5.41, 5.74) is 1.91. The smallest absolute Gasteiger partial charge is 0.251 e. The molecule has 0 unspecified atom stereocenters. The Hall–Kier alpha value is -2.40. The van der Waals surface area contributed by atoms with Gasteiger partial charge in [-0.25, -0.2) is 4.98 Å². The fourth-order valence-corrected chi connectivity index (χ4v) is 2.74. The largest absolute Gasteiger partial charge is 0.355 e. The molecule has 22 heavy (non-hydrogen) atoms. The summed E-state index contributed by atoms with van der Waals surface area (Å²) in [6.07, 6.45) is 1.69. The maximum Gasteiger partial charge on any atom is 0.251 e. The van der Waals surface area contributed by atoms with Gasteiger partial charge in [-0.1, -0.05) is 30.3 Å². The number of hydrogen-bond donors (Lipinski definition) is 2. The highest BCUT2D eigenvalue weighted by Gasteiger charge is 2.22. The van der Waals surface area contributed by atoms with E-state index in [9.17, 15) is 4.79 Å². The second-order valence-corrected chi connectivity index (χ2v) is 5.35. The van der Waals surface area contributed by atoms with Crippen LogP contribution in [0.25, 0.3) is 0 Å². The van der Waals surface area contributed by atoms with Crippen LogP contribution >= 0.6 is 0 Å². The van der Waals surface area contributed by atoms with Crippen molar-refractivity contribution in [2.75, 3.05) is 31.6 Å². The number of hydrogen-bond acceptors (Lipinski definition) is 4. The fraction of sp³-hybridized carbons (Fsp3) is 0.294. The van der Waals surface area contributed by atoms with Crippen molar-refractivity contribution >= 4 is 11.7 Å². The van der Waals surface area contributed by atoms with Crippen molar-refractivity contribution in [3.63, 3.8) is 0 Å². The highest BCUT2D eigenvalue weighted by atomic mass is 16.1. The van der Waals surface area contributed by atoms with Crippen molar-refractivity contribution in [1.29, 1.82) is 0 Å². The molecule has 1 aromatic carbocycles. The van der Waals surface area contributed by atoms with Crippen LogP contribution in [0.4, 0.5) is 5.82 Å². The van der Waals surface area contributed by atoms with Crippen LogP contribution < -0.4 is 15.5 Å². The number of carbonyl (C=O) groups is 1. The first kappa shape index (κ1) is 14.5. The quantitative estimate of drug-likeness (QED) is 0.903. The number of anilines is 1. The fourth-order valence-electron chi connectivity index (χ4n) is 2.74. The Labute approximate surface area is 130 Å². The summed E-state index contributed by atoms with van der Waals surface area (Å²) in [5.74, 6) is 0.766. The zero-order chi connectivity index (χ0) is 15.4. The molecule has 3 rings (SSSR count). The van der Waals surface area contributed by atoms with Gasteiger partial charge < -0.3 is 15.5 Å². The van der Waals surface area contributed by atoms with E-state index in [0.717, 1.165) is 25.5 Å². The zero-order valence-electron chi connectivity index (χ0n) is 12.6. The number of piperazine rings is 1. The van der Waals surface area contributed by atoms with Crippen LogP contribution in [0.15, 0.2) is 48.7 Å². The van der Waals surface area contributed by atoms with Gasteiger partial charge in [-0.15, -0.1) is 0 Å². The van der Waals surface area contributed by atoms with Gasteiger partial charge in [0.25, 0.3) is 5.91 Å². The van der Waals surface area contributed by atoms with Crippen LogP contribution in [0.5, 0.6) is 0 Å². The maximum atomic E-state index is 11.8.